The van der Waals surface area contributed by atoms with E-state index in [1.54, 1.807) is 35.9 Å². The fraction of sp³-hybridized carbons (Fsp3) is 0.320. The van der Waals surface area contributed by atoms with Crippen LogP contribution in [0.15, 0.2) is 54.7 Å². The summed E-state index contributed by atoms with van der Waals surface area (Å²) < 4.78 is 6.72. The quantitative estimate of drug-likeness (QED) is 0.504. The standard InChI is InChI=1S/C25H30N4O3/c1-5-28(6-2)17-19-9-8-10-21(15-19)27-24(30)20-11-13-22(14-12-20)29-18(4)23(16-26-29)25(31)32-7-3/h8-16H,5-7,17H2,1-4H3,(H,27,30). The van der Waals surface area contributed by atoms with Crippen molar-refractivity contribution in [2.24, 2.45) is 0 Å². The van der Waals surface area contributed by atoms with Crippen LogP contribution in [0.4, 0.5) is 5.69 Å². The summed E-state index contributed by atoms with van der Waals surface area (Å²) in [5.41, 5.74) is 4.34. The molecule has 0 unspecified atom stereocenters. The topological polar surface area (TPSA) is 76.5 Å². The zero-order valence-electron chi connectivity index (χ0n) is 19.1. The highest BCUT2D eigenvalue weighted by atomic mass is 16.5. The molecule has 0 aliphatic heterocycles. The Morgan fingerprint density at radius 1 is 1.06 bits per heavy atom. The largest absolute Gasteiger partial charge is 0.462 e. The van der Waals surface area contributed by atoms with E-state index in [1.807, 2.05) is 25.1 Å². The van der Waals surface area contributed by atoms with Crippen LogP contribution in [0.5, 0.6) is 0 Å². The van der Waals surface area contributed by atoms with Gasteiger partial charge >= 0.3 is 5.97 Å². The number of carbonyl (C=O) groups is 2. The molecule has 1 aromatic heterocycles. The highest BCUT2D eigenvalue weighted by Crippen LogP contribution is 2.18. The van der Waals surface area contributed by atoms with Gasteiger partial charge in [-0.15, -0.1) is 0 Å². The summed E-state index contributed by atoms with van der Waals surface area (Å²) >= 11 is 0. The number of hydrogen-bond donors (Lipinski definition) is 1. The molecule has 1 amide bonds. The van der Waals surface area contributed by atoms with E-state index in [2.05, 4.69) is 35.2 Å². The minimum Gasteiger partial charge on any atom is -0.462 e. The molecular weight excluding hydrogens is 404 g/mol. The number of anilines is 1. The Hall–Kier alpha value is -3.45. The van der Waals surface area contributed by atoms with Crippen LogP contribution in [0.25, 0.3) is 5.69 Å². The summed E-state index contributed by atoms with van der Waals surface area (Å²) in [4.78, 5) is 27.1. The Labute approximate surface area is 189 Å². The molecular formula is C25H30N4O3. The summed E-state index contributed by atoms with van der Waals surface area (Å²) in [5.74, 6) is -0.573. The van der Waals surface area contributed by atoms with E-state index >= 15 is 0 Å². The molecule has 7 nitrogen and oxygen atoms in total. The Bertz CT molecular complexity index is 1070. The van der Waals surface area contributed by atoms with Crippen LogP contribution < -0.4 is 5.32 Å². The smallest absolute Gasteiger partial charge is 0.341 e. The molecule has 1 N–H and O–H groups in total. The molecule has 7 heteroatoms. The maximum absolute atomic E-state index is 12.7. The molecule has 32 heavy (non-hydrogen) atoms. The summed E-state index contributed by atoms with van der Waals surface area (Å²) in [6, 6.07) is 15.0. The molecule has 0 atom stereocenters. The zero-order valence-corrected chi connectivity index (χ0v) is 19.1. The molecule has 0 saturated heterocycles. The van der Waals surface area contributed by atoms with Crippen molar-refractivity contribution in [3.8, 4) is 5.69 Å². The SMILES string of the molecule is CCOC(=O)c1cnn(-c2ccc(C(=O)Nc3cccc(CN(CC)CC)c3)cc2)c1C. The lowest BCUT2D eigenvalue weighted by Crippen LogP contribution is -2.22. The predicted octanol–water partition coefficient (Wildman–Crippen LogP) is 4.45. The fourth-order valence-electron chi connectivity index (χ4n) is 3.49. The van der Waals surface area contributed by atoms with Gasteiger partial charge in [0.05, 0.1) is 24.2 Å². The minimum absolute atomic E-state index is 0.180. The van der Waals surface area contributed by atoms with Gasteiger partial charge in [-0.2, -0.15) is 5.10 Å². The molecule has 1 heterocycles. The minimum atomic E-state index is -0.393. The Morgan fingerprint density at radius 2 is 1.78 bits per heavy atom. The van der Waals surface area contributed by atoms with Crippen LogP contribution in [0.2, 0.25) is 0 Å². The maximum atomic E-state index is 12.7. The van der Waals surface area contributed by atoms with Crippen molar-refractivity contribution in [2.45, 2.75) is 34.2 Å². The molecule has 0 radical (unpaired) electrons. The second kappa shape index (κ2) is 10.7. The van der Waals surface area contributed by atoms with E-state index in [0.29, 0.717) is 23.4 Å². The highest BCUT2D eigenvalue weighted by molar-refractivity contribution is 6.04. The third-order valence-electron chi connectivity index (χ3n) is 5.36. The molecule has 0 aliphatic rings. The number of carbonyl (C=O) groups excluding carboxylic acids is 2. The summed E-state index contributed by atoms with van der Waals surface area (Å²) in [6.45, 7) is 11.0. The molecule has 3 aromatic rings. The number of hydrogen-bond acceptors (Lipinski definition) is 5. The Kier molecular flexibility index (Phi) is 7.78. The van der Waals surface area contributed by atoms with Crippen LogP contribution in [0.3, 0.4) is 0 Å². The fourth-order valence-corrected chi connectivity index (χ4v) is 3.49. The molecule has 0 spiro atoms. The maximum Gasteiger partial charge on any atom is 0.341 e. The summed E-state index contributed by atoms with van der Waals surface area (Å²) in [6.07, 6.45) is 1.50. The van der Waals surface area contributed by atoms with E-state index in [9.17, 15) is 9.59 Å². The number of nitrogens with zero attached hydrogens (tertiary/aromatic N) is 3. The Balaban J connectivity index is 1.71. The number of amides is 1. The van der Waals surface area contributed by atoms with Gasteiger partial charge in [0.15, 0.2) is 0 Å². The number of esters is 1. The first-order valence-corrected chi connectivity index (χ1v) is 10.9. The van der Waals surface area contributed by atoms with Gasteiger partial charge in [0.25, 0.3) is 5.91 Å². The van der Waals surface area contributed by atoms with Gasteiger partial charge in [-0.1, -0.05) is 26.0 Å². The lowest BCUT2D eigenvalue weighted by molar-refractivity contribution is 0.0525. The number of aromatic nitrogens is 2. The number of nitrogens with one attached hydrogen (secondary N) is 1. The molecule has 168 valence electrons. The molecule has 0 bridgehead atoms. The molecule has 0 saturated carbocycles. The van der Waals surface area contributed by atoms with Crippen LogP contribution in [-0.2, 0) is 11.3 Å². The third-order valence-corrected chi connectivity index (χ3v) is 5.36. The monoisotopic (exact) mass is 434 g/mol. The van der Waals surface area contributed by atoms with Crippen molar-refractivity contribution in [3.63, 3.8) is 0 Å². The van der Waals surface area contributed by atoms with E-state index in [-0.39, 0.29) is 5.91 Å². The van der Waals surface area contributed by atoms with Crippen LogP contribution in [-0.4, -0.2) is 46.3 Å². The van der Waals surface area contributed by atoms with Gasteiger partial charge in [0, 0.05) is 17.8 Å². The number of rotatable bonds is 9. The second-order valence-electron chi connectivity index (χ2n) is 7.44. The van der Waals surface area contributed by atoms with Crippen LogP contribution in [0, 0.1) is 6.92 Å². The van der Waals surface area contributed by atoms with Crippen molar-refractivity contribution in [1.82, 2.24) is 14.7 Å². The highest BCUT2D eigenvalue weighted by Gasteiger charge is 2.16. The van der Waals surface area contributed by atoms with Crippen molar-refractivity contribution >= 4 is 17.6 Å². The first-order chi connectivity index (χ1) is 15.5. The van der Waals surface area contributed by atoms with Gasteiger partial charge in [-0.3, -0.25) is 9.69 Å². The normalized spacial score (nSPS) is 10.9. The van der Waals surface area contributed by atoms with Gasteiger partial charge in [0.2, 0.25) is 0 Å². The van der Waals surface area contributed by atoms with Gasteiger partial charge < -0.3 is 10.1 Å². The van der Waals surface area contributed by atoms with Gasteiger partial charge in [-0.25, -0.2) is 9.48 Å². The molecule has 3 rings (SSSR count). The average molecular weight is 435 g/mol. The van der Waals surface area contributed by atoms with Gasteiger partial charge in [-0.05, 0) is 68.9 Å². The van der Waals surface area contributed by atoms with E-state index in [1.165, 1.54) is 6.20 Å². The Morgan fingerprint density at radius 3 is 2.44 bits per heavy atom. The number of ether oxygens (including phenoxy) is 1. The first kappa shape index (κ1) is 23.2. The van der Waals surface area contributed by atoms with Crippen LogP contribution in [0.1, 0.15) is 52.7 Å². The molecule has 0 fully saturated rings. The van der Waals surface area contributed by atoms with Gasteiger partial charge in [0.1, 0.15) is 5.56 Å². The lowest BCUT2D eigenvalue weighted by Gasteiger charge is -2.18. The first-order valence-electron chi connectivity index (χ1n) is 10.9. The zero-order chi connectivity index (χ0) is 23.1. The third kappa shape index (κ3) is 5.42. The summed E-state index contributed by atoms with van der Waals surface area (Å²) in [5, 5.41) is 7.26. The summed E-state index contributed by atoms with van der Waals surface area (Å²) in [7, 11) is 0. The van der Waals surface area contributed by atoms with E-state index in [0.717, 1.165) is 36.6 Å². The van der Waals surface area contributed by atoms with Crippen molar-refractivity contribution < 1.29 is 14.3 Å². The predicted molar refractivity (Wildman–Crippen MR) is 125 cm³/mol. The average Bonchev–Trinajstić information content (AvgIpc) is 3.19. The van der Waals surface area contributed by atoms with Crippen LogP contribution >= 0.6 is 0 Å². The molecule has 2 aromatic carbocycles. The second-order valence-corrected chi connectivity index (χ2v) is 7.44. The lowest BCUT2D eigenvalue weighted by atomic mass is 10.1. The van der Waals surface area contributed by atoms with E-state index in [4.69, 9.17) is 4.74 Å². The van der Waals surface area contributed by atoms with Crippen molar-refractivity contribution in [2.75, 3.05) is 25.0 Å². The van der Waals surface area contributed by atoms with E-state index < -0.39 is 5.97 Å². The number of benzene rings is 2. The molecule has 0 aliphatic carbocycles. The van der Waals surface area contributed by atoms with Crippen molar-refractivity contribution in [1.29, 1.82) is 0 Å². The van der Waals surface area contributed by atoms with Crippen molar-refractivity contribution in [3.05, 3.63) is 77.1 Å².